The number of hydrogen-bond acceptors (Lipinski definition) is 4. The van der Waals surface area contributed by atoms with Gasteiger partial charge in [-0.3, -0.25) is 4.72 Å². The zero-order valence-electron chi connectivity index (χ0n) is 9.70. The summed E-state index contributed by atoms with van der Waals surface area (Å²) in [5.41, 5.74) is 0. The molecule has 0 aliphatic carbocycles. The molecule has 1 aromatic heterocycles. The maximum Gasteiger partial charge on any atom is 0.263 e. The molecule has 2 rings (SSSR count). The number of pyridine rings is 1. The summed E-state index contributed by atoms with van der Waals surface area (Å²) in [5, 5.41) is 0. The lowest BCUT2D eigenvalue weighted by Crippen LogP contribution is -2.13. The fourth-order valence-electron chi connectivity index (χ4n) is 1.37. The minimum atomic E-state index is -3.56. The van der Waals surface area contributed by atoms with Crippen molar-refractivity contribution in [3.63, 3.8) is 0 Å². The summed E-state index contributed by atoms with van der Waals surface area (Å²) < 4.78 is 26.5. The average Bonchev–Trinajstić information content (AvgIpc) is 2.39. The van der Waals surface area contributed by atoms with Gasteiger partial charge in [-0.2, -0.15) is 0 Å². The fraction of sp³-hybridized carbons (Fsp3) is 0.0833. The Labute approximate surface area is 111 Å². The first kappa shape index (κ1) is 12.9. The summed E-state index contributed by atoms with van der Waals surface area (Å²) in [6.07, 6.45) is 3.48. The lowest BCUT2D eigenvalue weighted by Gasteiger charge is -2.07. The van der Waals surface area contributed by atoms with Gasteiger partial charge >= 0.3 is 0 Å². The van der Waals surface area contributed by atoms with E-state index in [-0.39, 0.29) is 4.90 Å². The zero-order valence-corrected chi connectivity index (χ0v) is 11.3. The second kappa shape index (κ2) is 5.41. The van der Waals surface area contributed by atoms with Crippen LogP contribution in [0.4, 0.5) is 5.82 Å². The molecule has 0 aliphatic rings. The molecule has 4 nitrogen and oxygen atoms in total. The van der Waals surface area contributed by atoms with Crippen molar-refractivity contribution in [1.29, 1.82) is 0 Å². The van der Waals surface area contributed by atoms with Crippen LogP contribution in [0.1, 0.15) is 0 Å². The number of nitrogens with zero attached hydrogens (tertiary/aromatic N) is 1. The minimum absolute atomic E-state index is 0.228. The first-order chi connectivity index (χ1) is 8.62. The van der Waals surface area contributed by atoms with Crippen LogP contribution < -0.4 is 4.72 Å². The number of thioether (sulfide) groups is 1. The van der Waals surface area contributed by atoms with Gasteiger partial charge in [0.2, 0.25) is 0 Å². The highest BCUT2D eigenvalue weighted by molar-refractivity contribution is 7.98. The maximum absolute atomic E-state index is 12.0. The molecule has 0 bridgehead atoms. The molecule has 0 unspecified atom stereocenters. The van der Waals surface area contributed by atoms with Crippen LogP contribution in [-0.2, 0) is 10.0 Å². The van der Waals surface area contributed by atoms with E-state index < -0.39 is 10.0 Å². The maximum atomic E-state index is 12.0. The van der Waals surface area contributed by atoms with Gasteiger partial charge in [0.25, 0.3) is 10.0 Å². The largest absolute Gasteiger partial charge is 0.263 e. The number of aromatic nitrogens is 1. The van der Waals surface area contributed by atoms with Crippen molar-refractivity contribution >= 4 is 27.6 Å². The van der Waals surface area contributed by atoms with E-state index in [4.69, 9.17) is 0 Å². The van der Waals surface area contributed by atoms with E-state index in [2.05, 4.69) is 9.71 Å². The standard InChI is InChI=1S/C12H12N2O2S2/c1-17-10-5-7-11(8-6-10)18(15,16)14-12-4-2-3-9-13-12/h2-9H,1H3,(H,13,14). The number of sulfonamides is 1. The van der Waals surface area contributed by atoms with Gasteiger partial charge in [0.15, 0.2) is 0 Å². The van der Waals surface area contributed by atoms with E-state index in [0.29, 0.717) is 5.82 Å². The van der Waals surface area contributed by atoms with E-state index in [1.165, 1.54) is 6.20 Å². The quantitative estimate of drug-likeness (QED) is 0.875. The molecular weight excluding hydrogens is 268 g/mol. The Morgan fingerprint density at radius 2 is 1.83 bits per heavy atom. The van der Waals surface area contributed by atoms with Crippen LogP contribution in [0.15, 0.2) is 58.5 Å². The van der Waals surface area contributed by atoms with Crippen molar-refractivity contribution in [2.75, 3.05) is 11.0 Å². The smallest absolute Gasteiger partial charge is 0.263 e. The first-order valence-electron chi connectivity index (χ1n) is 5.20. The molecule has 0 radical (unpaired) electrons. The summed E-state index contributed by atoms with van der Waals surface area (Å²) >= 11 is 1.56. The third kappa shape index (κ3) is 3.02. The molecular formula is C12H12N2O2S2. The molecule has 0 saturated heterocycles. The van der Waals surface area contributed by atoms with Gasteiger partial charge in [0, 0.05) is 11.1 Å². The summed E-state index contributed by atoms with van der Waals surface area (Å²) in [4.78, 5) is 5.18. The Morgan fingerprint density at radius 3 is 2.39 bits per heavy atom. The molecule has 0 fully saturated rings. The lowest BCUT2D eigenvalue weighted by atomic mass is 10.4. The van der Waals surface area contributed by atoms with Crippen LogP contribution >= 0.6 is 11.8 Å². The SMILES string of the molecule is CSc1ccc(S(=O)(=O)Nc2ccccn2)cc1. The van der Waals surface area contributed by atoms with Crippen molar-refractivity contribution in [2.45, 2.75) is 9.79 Å². The van der Waals surface area contributed by atoms with Crippen LogP contribution in [0.25, 0.3) is 0 Å². The van der Waals surface area contributed by atoms with Gasteiger partial charge in [0.1, 0.15) is 5.82 Å². The van der Waals surface area contributed by atoms with Gasteiger partial charge in [-0.25, -0.2) is 13.4 Å². The molecule has 0 aliphatic heterocycles. The Hall–Kier alpha value is -1.53. The molecule has 0 atom stereocenters. The minimum Gasteiger partial charge on any atom is -0.263 e. The number of nitrogens with one attached hydrogen (secondary N) is 1. The normalized spacial score (nSPS) is 11.2. The van der Waals surface area contributed by atoms with Gasteiger partial charge in [-0.05, 0) is 42.7 Å². The van der Waals surface area contributed by atoms with Crippen LogP contribution in [-0.4, -0.2) is 19.7 Å². The molecule has 6 heteroatoms. The topological polar surface area (TPSA) is 59.1 Å². The highest BCUT2D eigenvalue weighted by atomic mass is 32.2. The Kier molecular flexibility index (Phi) is 3.88. The van der Waals surface area contributed by atoms with Crippen molar-refractivity contribution in [2.24, 2.45) is 0 Å². The molecule has 18 heavy (non-hydrogen) atoms. The van der Waals surface area contributed by atoms with Crippen LogP contribution in [0.2, 0.25) is 0 Å². The van der Waals surface area contributed by atoms with E-state index in [1.807, 2.05) is 6.26 Å². The molecule has 1 heterocycles. The van der Waals surface area contributed by atoms with Gasteiger partial charge in [-0.15, -0.1) is 11.8 Å². The van der Waals surface area contributed by atoms with Gasteiger partial charge < -0.3 is 0 Å². The predicted molar refractivity (Wildman–Crippen MR) is 73.3 cm³/mol. The average molecular weight is 280 g/mol. The Bertz CT molecular complexity index is 610. The fourth-order valence-corrected chi connectivity index (χ4v) is 2.79. The number of anilines is 1. The van der Waals surface area contributed by atoms with E-state index >= 15 is 0 Å². The first-order valence-corrected chi connectivity index (χ1v) is 7.90. The molecule has 0 spiro atoms. The second-order valence-corrected chi connectivity index (χ2v) is 6.06. The van der Waals surface area contributed by atoms with E-state index in [0.717, 1.165) is 4.90 Å². The second-order valence-electron chi connectivity index (χ2n) is 3.50. The van der Waals surface area contributed by atoms with Gasteiger partial charge in [-0.1, -0.05) is 6.07 Å². The monoisotopic (exact) mass is 280 g/mol. The summed E-state index contributed by atoms with van der Waals surface area (Å²) in [7, 11) is -3.56. The molecule has 2 aromatic rings. The summed E-state index contributed by atoms with van der Waals surface area (Å²) in [6, 6.07) is 11.8. The molecule has 1 aromatic carbocycles. The number of rotatable bonds is 4. The molecule has 1 N–H and O–H groups in total. The van der Waals surface area contributed by atoms with Crippen LogP contribution in [0, 0.1) is 0 Å². The predicted octanol–water partition coefficient (Wildman–Crippen LogP) is 2.60. The van der Waals surface area contributed by atoms with Crippen molar-refractivity contribution in [3.8, 4) is 0 Å². The van der Waals surface area contributed by atoms with Crippen molar-refractivity contribution in [3.05, 3.63) is 48.7 Å². The third-order valence-electron chi connectivity index (χ3n) is 2.27. The highest BCUT2D eigenvalue weighted by Gasteiger charge is 2.14. The zero-order chi connectivity index (χ0) is 13.0. The van der Waals surface area contributed by atoms with Crippen LogP contribution in [0.5, 0.6) is 0 Å². The summed E-state index contributed by atoms with van der Waals surface area (Å²) in [6.45, 7) is 0. The summed E-state index contributed by atoms with van der Waals surface area (Å²) in [5.74, 6) is 0.312. The third-order valence-corrected chi connectivity index (χ3v) is 4.39. The number of benzene rings is 1. The van der Waals surface area contributed by atoms with E-state index in [1.54, 1.807) is 54.2 Å². The lowest BCUT2D eigenvalue weighted by molar-refractivity contribution is 0.601. The van der Waals surface area contributed by atoms with Crippen molar-refractivity contribution < 1.29 is 8.42 Å². The van der Waals surface area contributed by atoms with Gasteiger partial charge in [0.05, 0.1) is 4.90 Å². The Morgan fingerprint density at radius 1 is 1.11 bits per heavy atom. The Balaban J connectivity index is 2.25. The molecule has 94 valence electrons. The highest BCUT2D eigenvalue weighted by Crippen LogP contribution is 2.19. The number of hydrogen-bond donors (Lipinski definition) is 1. The molecule has 0 saturated carbocycles. The van der Waals surface area contributed by atoms with Crippen molar-refractivity contribution in [1.82, 2.24) is 4.98 Å². The van der Waals surface area contributed by atoms with Crippen LogP contribution in [0.3, 0.4) is 0 Å². The molecule has 0 amide bonds. The van der Waals surface area contributed by atoms with E-state index in [9.17, 15) is 8.42 Å².